The first kappa shape index (κ1) is 15.2. The number of likely N-dealkylation sites (N-methyl/N-ethyl adjacent to an activating group) is 1. The van der Waals surface area contributed by atoms with Gasteiger partial charge in [-0.1, -0.05) is 44.2 Å². The summed E-state index contributed by atoms with van der Waals surface area (Å²) in [5.74, 6) is 0.442. The minimum Gasteiger partial charge on any atom is -0.396 e. The molecule has 1 aromatic carbocycles. The van der Waals surface area contributed by atoms with E-state index >= 15 is 0 Å². The zero-order valence-electron chi connectivity index (χ0n) is 11.6. The molecule has 0 aromatic heterocycles. The molecule has 1 atom stereocenters. The number of nitrogens with zero attached hydrogens (tertiary/aromatic N) is 1. The van der Waals surface area contributed by atoms with E-state index in [0.717, 1.165) is 6.54 Å². The second-order valence-corrected chi connectivity index (χ2v) is 5.64. The third-order valence-corrected chi connectivity index (χ3v) is 3.37. The van der Waals surface area contributed by atoms with Crippen LogP contribution in [0.3, 0.4) is 0 Å². The summed E-state index contributed by atoms with van der Waals surface area (Å²) in [6, 6.07) is 10.4. The molecule has 0 saturated carbocycles. The summed E-state index contributed by atoms with van der Waals surface area (Å²) in [6.07, 6.45) is 0. The Morgan fingerprint density at radius 3 is 2.22 bits per heavy atom. The van der Waals surface area contributed by atoms with Crippen LogP contribution in [0.2, 0.25) is 0 Å². The quantitative estimate of drug-likeness (QED) is 0.775. The van der Waals surface area contributed by atoms with Gasteiger partial charge in [0.05, 0.1) is 13.2 Å². The summed E-state index contributed by atoms with van der Waals surface area (Å²) < 4.78 is 0. The molecular formula is C15H25NO2. The van der Waals surface area contributed by atoms with Crippen LogP contribution in [-0.4, -0.2) is 48.5 Å². The van der Waals surface area contributed by atoms with Gasteiger partial charge in [0, 0.05) is 18.5 Å². The van der Waals surface area contributed by atoms with E-state index in [-0.39, 0.29) is 13.2 Å². The van der Waals surface area contributed by atoms with Crippen molar-refractivity contribution < 1.29 is 10.2 Å². The molecule has 0 aliphatic heterocycles. The second kappa shape index (κ2) is 6.88. The first-order valence-electron chi connectivity index (χ1n) is 6.46. The van der Waals surface area contributed by atoms with Gasteiger partial charge in [0.15, 0.2) is 0 Å². The summed E-state index contributed by atoms with van der Waals surface area (Å²) in [4.78, 5) is 2.17. The lowest BCUT2D eigenvalue weighted by molar-refractivity contribution is 0.0409. The highest BCUT2D eigenvalue weighted by Gasteiger charge is 2.24. The SMILES string of the molecule is CC(CN(C)CC(C)(CO)CO)c1ccccc1. The highest BCUT2D eigenvalue weighted by Crippen LogP contribution is 2.19. The Hall–Kier alpha value is -0.900. The fourth-order valence-electron chi connectivity index (χ4n) is 2.22. The van der Waals surface area contributed by atoms with Gasteiger partial charge >= 0.3 is 0 Å². The molecule has 0 spiro atoms. The third kappa shape index (κ3) is 4.41. The van der Waals surface area contributed by atoms with Crippen LogP contribution in [-0.2, 0) is 0 Å². The van der Waals surface area contributed by atoms with Crippen molar-refractivity contribution in [3.8, 4) is 0 Å². The van der Waals surface area contributed by atoms with E-state index in [1.807, 2.05) is 20.0 Å². The Morgan fingerprint density at radius 1 is 1.17 bits per heavy atom. The van der Waals surface area contributed by atoms with Crippen LogP contribution in [0.25, 0.3) is 0 Å². The predicted molar refractivity (Wildman–Crippen MR) is 74.6 cm³/mol. The zero-order valence-corrected chi connectivity index (χ0v) is 11.6. The van der Waals surface area contributed by atoms with E-state index in [1.54, 1.807) is 0 Å². The molecule has 1 aromatic rings. The van der Waals surface area contributed by atoms with Crippen LogP contribution in [0.5, 0.6) is 0 Å². The molecule has 1 rings (SSSR count). The first-order chi connectivity index (χ1) is 8.50. The number of hydrogen-bond donors (Lipinski definition) is 2. The Kier molecular flexibility index (Phi) is 5.79. The van der Waals surface area contributed by atoms with E-state index in [1.165, 1.54) is 5.56 Å². The van der Waals surface area contributed by atoms with Gasteiger partial charge in [-0.2, -0.15) is 0 Å². The average Bonchev–Trinajstić information content (AvgIpc) is 2.39. The molecule has 0 amide bonds. The van der Waals surface area contributed by atoms with Crippen molar-refractivity contribution in [2.45, 2.75) is 19.8 Å². The van der Waals surface area contributed by atoms with E-state index < -0.39 is 5.41 Å². The Labute approximate surface area is 110 Å². The molecule has 102 valence electrons. The van der Waals surface area contributed by atoms with E-state index in [4.69, 9.17) is 0 Å². The molecule has 0 heterocycles. The van der Waals surface area contributed by atoms with Gasteiger partial charge in [0.25, 0.3) is 0 Å². The van der Waals surface area contributed by atoms with Gasteiger partial charge < -0.3 is 15.1 Å². The summed E-state index contributed by atoms with van der Waals surface area (Å²) >= 11 is 0. The maximum atomic E-state index is 9.30. The molecule has 0 fully saturated rings. The van der Waals surface area contributed by atoms with E-state index in [0.29, 0.717) is 12.5 Å². The first-order valence-corrected chi connectivity index (χ1v) is 6.46. The van der Waals surface area contributed by atoms with E-state index in [2.05, 4.69) is 36.1 Å². The van der Waals surface area contributed by atoms with Crippen molar-refractivity contribution >= 4 is 0 Å². The smallest absolute Gasteiger partial charge is 0.0519 e. The van der Waals surface area contributed by atoms with Crippen LogP contribution in [0.1, 0.15) is 25.3 Å². The molecule has 0 radical (unpaired) electrons. The lowest BCUT2D eigenvalue weighted by atomic mass is 9.91. The van der Waals surface area contributed by atoms with Gasteiger partial charge in [0.2, 0.25) is 0 Å². The molecular weight excluding hydrogens is 226 g/mol. The fourth-order valence-corrected chi connectivity index (χ4v) is 2.22. The number of aliphatic hydroxyl groups excluding tert-OH is 2. The van der Waals surface area contributed by atoms with Crippen LogP contribution in [0.15, 0.2) is 30.3 Å². The molecule has 3 nitrogen and oxygen atoms in total. The lowest BCUT2D eigenvalue weighted by Gasteiger charge is -2.31. The van der Waals surface area contributed by atoms with Crippen molar-refractivity contribution in [2.24, 2.45) is 5.41 Å². The number of rotatable bonds is 7. The van der Waals surface area contributed by atoms with Gasteiger partial charge in [0.1, 0.15) is 0 Å². The van der Waals surface area contributed by atoms with Crippen molar-refractivity contribution in [1.82, 2.24) is 4.90 Å². The minimum atomic E-state index is -0.425. The molecule has 0 aliphatic carbocycles. The van der Waals surface area contributed by atoms with Crippen molar-refractivity contribution in [2.75, 3.05) is 33.4 Å². The van der Waals surface area contributed by atoms with Gasteiger partial charge in [-0.25, -0.2) is 0 Å². The standard InChI is InChI=1S/C15H25NO2/c1-13(14-7-5-4-6-8-14)9-16(3)10-15(2,11-17)12-18/h4-8,13,17-18H,9-12H2,1-3H3. The highest BCUT2D eigenvalue weighted by molar-refractivity contribution is 5.18. The highest BCUT2D eigenvalue weighted by atomic mass is 16.3. The summed E-state index contributed by atoms with van der Waals surface area (Å²) in [5, 5.41) is 18.6. The van der Waals surface area contributed by atoms with Crippen LogP contribution < -0.4 is 0 Å². The maximum Gasteiger partial charge on any atom is 0.0519 e. The van der Waals surface area contributed by atoms with Crippen molar-refractivity contribution in [1.29, 1.82) is 0 Å². The Balaban J connectivity index is 2.52. The maximum absolute atomic E-state index is 9.30. The van der Waals surface area contributed by atoms with E-state index in [9.17, 15) is 10.2 Å². The van der Waals surface area contributed by atoms with Crippen LogP contribution in [0, 0.1) is 5.41 Å². The average molecular weight is 251 g/mol. The number of hydrogen-bond acceptors (Lipinski definition) is 3. The molecule has 3 heteroatoms. The topological polar surface area (TPSA) is 43.7 Å². The minimum absolute atomic E-state index is 0.00750. The van der Waals surface area contributed by atoms with Gasteiger partial charge in [-0.15, -0.1) is 0 Å². The molecule has 0 saturated heterocycles. The molecule has 1 unspecified atom stereocenters. The Bertz CT molecular complexity index is 336. The summed E-state index contributed by atoms with van der Waals surface area (Å²) in [5.41, 5.74) is 0.893. The monoisotopic (exact) mass is 251 g/mol. The number of benzene rings is 1. The molecule has 2 N–H and O–H groups in total. The van der Waals surface area contributed by atoms with Gasteiger partial charge in [-0.05, 0) is 18.5 Å². The number of aliphatic hydroxyl groups is 2. The van der Waals surface area contributed by atoms with Crippen LogP contribution in [0.4, 0.5) is 0 Å². The second-order valence-electron chi connectivity index (χ2n) is 5.64. The molecule has 18 heavy (non-hydrogen) atoms. The summed E-state index contributed by atoms with van der Waals surface area (Å²) in [7, 11) is 2.03. The lowest BCUT2D eigenvalue weighted by Crippen LogP contribution is -2.40. The Morgan fingerprint density at radius 2 is 1.72 bits per heavy atom. The largest absolute Gasteiger partial charge is 0.396 e. The molecule has 0 bridgehead atoms. The normalized spacial score (nSPS) is 13.9. The van der Waals surface area contributed by atoms with Crippen molar-refractivity contribution in [3.05, 3.63) is 35.9 Å². The van der Waals surface area contributed by atoms with Gasteiger partial charge in [-0.3, -0.25) is 0 Å². The predicted octanol–water partition coefficient (Wildman–Crippen LogP) is 1.71. The van der Waals surface area contributed by atoms with Crippen LogP contribution >= 0.6 is 0 Å². The third-order valence-electron chi connectivity index (χ3n) is 3.37. The fraction of sp³-hybridized carbons (Fsp3) is 0.600. The zero-order chi connectivity index (χ0) is 13.6. The van der Waals surface area contributed by atoms with Crippen molar-refractivity contribution in [3.63, 3.8) is 0 Å². The molecule has 0 aliphatic rings. The summed E-state index contributed by atoms with van der Waals surface area (Å²) in [6.45, 7) is 5.72.